The van der Waals surface area contributed by atoms with Gasteiger partial charge in [-0.05, 0) is 38.1 Å². The lowest BCUT2D eigenvalue weighted by atomic mass is 10.1. The van der Waals surface area contributed by atoms with Gasteiger partial charge in [-0.3, -0.25) is 14.4 Å². The molecule has 1 fully saturated rings. The zero-order chi connectivity index (χ0) is 24.9. The van der Waals surface area contributed by atoms with E-state index in [0.29, 0.717) is 37.6 Å². The number of ketones is 1. The Morgan fingerprint density at radius 1 is 1.12 bits per heavy atom. The van der Waals surface area contributed by atoms with Crippen LogP contribution in [-0.2, 0) is 25.2 Å². The van der Waals surface area contributed by atoms with Crippen molar-refractivity contribution in [3.05, 3.63) is 45.1 Å². The van der Waals surface area contributed by atoms with Gasteiger partial charge in [0.05, 0.1) is 36.6 Å². The Balaban J connectivity index is 1.58. The molecule has 1 aromatic heterocycles. The van der Waals surface area contributed by atoms with Gasteiger partial charge in [0.1, 0.15) is 0 Å². The number of ether oxygens (including phenoxy) is 2. The normalized spacial score (nSPS) is 14.1. The van der Waals surface area contributed by atoms with Gasteiger partial charge in [-0.1, -0.05) is 0 Å². The van der Waals surface area contributed by atoms with Crippen LogP contribution in [0.3, 0.4) is 0 Å². The summed E-state index contributed by atoms with van der Waals surface area (Å²) >= 11 is 1.49. The number of nitrogens with zero attached hydrogens (tertiary/aromatic N) is 1. The quantitative estimate of drug-likeness (QED) is 0.430. The van der Waals surface area contributed by atoms with Gasteiger partial charge in [-0.15, -0.1) is 11.3 Å². The number of benzene rings is 1. The number of Topliss-reactive ketones (excluding diaryl/α,β-unsaturated/α-hetero) is 1. The highest BCUT2D eigenvalue weighted by atomic mass is 32.1. The van der Waals surface area contributed by atoms with Crippen LogP contribution >= 0.6 is 11.3 Å². The van der Waals surface area contributed by atoms with Crippen molar-refractivity contribution in [1.82, 2.24) is 0 Å². The van der Waals surface area contributed by atoms with E-state index in [-0.39, 0.29) is 24.3 Å². The molecule has 0 unspecified atom stereocenters. The average Bonchev–Trinajstić information content (AvgIpc) is 3.14. The summed E-state index contributed by atoms with van der Waals surface area (Å²) in [7, 11) is 0. The standard InChI is InChI=1S/C23H25F3N2O5S/c1-14-11-17(15(2)34-14)20(29)5-6-22(31)33-13-21(30)27-18-12-16(23(24,25)26)3-4-19(18)28-7-9-32-10-8-28/h3-4,11-12H,5-10,13H2,1-2H3,(H,27,30). The number of amides is 1. The van der Waals surface area contributed by atoms with Crippen LogP contribution in [0.4, 0.5) is 24.5 Å². The monoisotopic (exact) mass is 498 g/mol. The third kappa shape index (κ3) is 6.80. The molecule has 2 aromatic rings. The van der Waals surface area contributed by atoms with Crippen molar-refractivity contribution < 1.29 is 37.0 Å². The molecule has 1 aliphatic heterocycles. The summed E-state index contributed by atoms with van der Waals surface area (Å²) in [5, 5.41) is 2.41. The molecule has 0 radical (unpaired) electrons. The number of thiophene rings is 1. The third-order valence-electron chi connectivity index (χ3n) is 5.21. The van der Waals surface area contributed by atoms with Gasteiger partial charge in [-0.2, -0.15) is 13.2 Å². The summed E-state index contributed by atoms with van der Waals surface area (Å²) in [6.45, 7) is 4.77. The Kier molecular flexibility index (Phi) is 8.32. The highest BCUT2D eigenvalue weighted by molar-refractivity contribution is 7.12. The number of anilines is 2. The molecular weight excluding hydrogens is 473 g/mol. The van der Waals surface area contributed by atoms with Crippen molar-refractivity contribution in [3.63, 3.8) is 0 Å². The van der Waals surface area contributed by atoms with Crippen molar-refractivity contribution in [2.24, 2.45) is 0 Å². The number of carbonyl (C=O) groups excluding carboxylic acids is 3. The van der Waals surface area contributed by atoms with Crippen molar-refractivity contribution in [2.75, 3.05) is 43.1 Å². The Bertz CT molecular complexity index is 1060. The van der Waals surface area contributed by atoms with Crippen LogP contribution in [-0.4, -0.2) is 50.6 Å². The molecule has 11 heteroatoms. The van der Waals surface area contributed by atoms with Crippen molar-refractivity contribution in [1.29, 1.82) is 0 Å². The first-order chi connectivity index (χ1) is 16.0. The molecule has 0 aliphatic carbocycles. The topological polar surface area (TPSA) is 84.9 Å². The Labute approximate surface area is 198 Å². The zero-order valence-corrected chi connectivity index (χ0v) is 19.6. The third-order valence-corrected chi connectivity index (χ3v) is 6.18. The lowest BCUT2D eigenvalue weighted by Gasteiger charge is -2.31. The summed E-state index contributed by atoms with van der Waals surface area (Å²) in [5.41, 5.74) is 0.0433. The second-order valence-electron chi connectivity index (χ2n) is 7.79. The van der Waals surface area contributed by atoms with Gasteiger partial charge in [0.15, 0.2) is 12.4 Å². The Morgan fingerprint density at radius 2 is 1.82 bits per heavy atom. The fraction of sp³-hybridized carbons (Fsp3) is 0.435. The lowest BCUT2D eigenvalue weighted by Crippen LogP contribution is -2.37. The molecule has 7 nitrogen and oxygen atoms in total. The van der Waals surface area contributed by atoms with Crippen LogP contribution in [0.5, 0.6) is 0 Å². The summed E-state index contributed by atoms with van der Waals surface area (Å²) < 4.78 is 49.8. The molecule has 1 aliphatic rings. The number of halogens is 3. The molecule has 0 saturated carbocycles. The van der Waals surface area contributed by atoms with Crippen molar-refractivity contribution in [3.8, 4) is 0 Å². The fourth-order valence-corrected chi connectivity index (χ4v) is 4.50. The first kappa shape index (κ1) is 25.7. The molecule has 1 N–H and O–H groups in total. The molecular formula is C23H25F3N2O5S. The minimum Gasteiger partial charge on any atom is -0.456 e. The summed E-state index contributed by atoms with van der Waals surface area (Å²) in [6, 6.07) is 4.88. The van der Waals surface area contributed by atoms with Crippen molar-refractivity contribution in [2.45, 2.75) is 32.9 Å². The van der Waals surface area contributed by atoms with Gasteiger partial charge in [0, 0.05) is 34.8 Å². The van der Waals surface area contributed by atoms with E-state index in [2.05, 4.69) is 5.32 Å². The van der Waals surface area contributed by atoms with Crippen LogP contribution < -0.4 is 10.2 Å². The fourth-order valence-electron chi connectivity index (χ4n) is 3.55. The van der Waals surface area contributed by atoms with E-state index in [1.165, 1.54) is 17.4 Å². The van der Waals surface area contributed by atoms with Gasteiger partial charge in [0.2, 0.25) is 0 Å². The maximum absolute atomic E-state index is 13.2. The molecule has 1 amide bonds. The first-order valence-electron chi connectivity index (χ1n) is 10.6. The molecule has 184 valence electrons. The number of morpholine rings is 1. The maximum atomic E-state index is 13.2. The summed E-state index contributed by atoms with van der Waals surface area (Å²) in [5.74, 6) is -1.72. The predicted octanol–water partition coefficient (Wildman–Crippen LogP) is 4.37. The molecule has 1 aromatic carbocycles. The summed E-state index contributed by atoms with van der Waals surface area (Å²) in [6.07, 6.45) is -4.85. The Hall–Kier alpha value is -2.92. The lowest BCUT2D eigenvalue weighted by molar-refractivity contribution is -0.147. The molecule has 0 spiro atoms. The molecule has 0 atom stereocenters. The highest BCUT2D eigenvalue weighted by Crippen LogP contribution is 2.35. The van der Waals surface area contributed by atoms with E-state index in [9.17, 15) is 27.6 Å². The predicted molar refractivity (Wildman–Crippen MR) is 121 cm³/mol. The highest BCUT2D eigenvalue weighted by Gasteiger charge is 2.32. The van der Waals surface area contributed by atoms with Gasteiger partial charge >= 0.3 is 12.1 Å². The number of hydrogen-bond acceptors (Lipinski definition) is 7. The van der Waals surface area contributed by atoms with Gasteiger partial charge in [0.25, 0.3) is 5.91 Å². The molecule has 2 heterocycles. The number of alkyl halides is 3. The molecule has 1 saturated heterocycles. The minimum absolute atomic E-state index is 0.0312. The molecule has 0 bridgehead atoms. The minimum atomic E-state index is -4.58. The number of esters is 1. The molecule has 34 heavy (non-hydrogen) atoms. The number of rotatable bonds is 8. The number of hydrogen-bond donors (Lipinski definition) is 1. The zero-order valence-electron chi connectivity index (χ0n) is 18.8. The SMILES string of the molecule is Cc1cc(C(=O)CCC(=O)OCC(=O)Nc2cc(C(F)(F)F)ccc2N2CCOCC2)c(C)s1. The second-order valence-corrected chi connectivity index (χ2v) is 9.25. The van der Waals surface area contributed by atoms with E-state index >= 15 is 0 Å². The largest absolute Gasteiger partial charge is 0.456 e. The smallest absolute Gasteiger partial charge is 0.416 e. The first-order valence-corrected chi connectivity index (χ1v) is 11.5. The van der Waals surface area contributed by atoms with E-state index in [0.717, 1.165) is 21.9 Å². The van der Waals surface area contributed by atoms with E-state index in [1.807, 2.05) is 18.7 Å². The number of aryl methyl sites for hydroxylation is 2. The number of carbonyl (C=O) groups is 3. The molecule has 3 rings (SSSR count). The number of nitrogens with one attached hydrogen (secondary N) is 1. The van der Waals surface area contributed by atoms with E-state index in [4.69, 9.17) is 9.47 Å². The van der Waals surface area contributed by atoms with Crippen LogP contribution in [0.15, 0.2) is 24.3 Å². The summed E-state index contributed by atoms with van der Waals surface area (Å²) in [4.78, 5) is 40.3. The van der Waals surface area contributed by atoms with Gasteiger partial charge in [-0.25, -0.2) is 0 Å². The van der Waals surface area contributed by atoms with Crippen LogP contribution in [0, 0.1) is 13.8 Å². The second kappa shape index (κ2) is 11.0. The van der Waals surface area contributed by atoms with Crippen LogP contribution in [0.2, 0.25) is 0 Å². The van der Waals surface area contributed by atoms with Crippen molar-refractivity contribution >= 4 is 40.4 Å². The Morgan fingerprint density at radius 3 is 2.44 bits per heavy atom. The van der Waals surface area contributed by atoms with E-state index < -0.39 is 30.2 Å². The van der Waals surface area contributed by atoms with Gasteiger partial charge < -0.3 is 19.7 Å². The van der Waals surface area contributed by atoms with E-state index in [1.54, 1.807) is 6.07 Å². The van der Waals surface area contributed by atoms with Crippen LogP contribution in [0.1, 0.15) is 38.5 Å². The van der Waals surface area contributed by atoms with Crippen LogP contribution in [0.25, 0.3) is 0 Å². The average molecular weight is 499 g/mol. The maximum Gasteiger partial charge on any atom is 0.416 e.